The highest BCUT2D eigenvalue weighted by Gasteiger charge is 2.09. The Morgan fingerprint density at radius 1 is 1.58 bits per heavy atom. The first-order valence-electron chi connectivity index (χ1n) is 3.16. The first-order valence-corrected chi connectivity index (χ1v) is 4.77. The Labute approximate surface area is 80.6 Å². The van der Waals surface area contributed by atoms with Crippen molar-refractivity contribution in [2.75, 3.05) is 0 Å². The summed E-state index contributed by atoms with van der Waals surface area (Å²) in [5.74, 6) is 0. The molecule has 0 amide bonds. The Morgan fingerprint density at radius 2 is 2.42 bits per heavy atom. The number of halogens is 1. The summed E-state index contributed by atoms with van der Waals surface area (Å²) in [6.45, 7) is 0. The third-order valence-electron chi connectivity index (χ3n) is 1.48. The normalized spacial score (nSPS) is 10.4. The smallest absolute Gasteiger partial charge is 0.152 e. The summed E-state index contributed by atoms with van der Waals surface area (Å²) in [4.78, 5) is 19.3. The molecule has 0 radical (unpaired) electrons. The maximum atomic E-state index is 10.6. The highest BCUT2D eigenvalue weighted by atomic mass is 79.9. The molecular formula is C7H3BrN2OS. The largest absolute Gasteiger partial charge is 0.298 e. The lowest BCUT2D eigenvalue weighted by atomic mass is 10.3. The van der Waals surface area contributed by atoms with Crippen LogP contribution in [0.25, 0.3) is 10.2 Å². The highest BCUT2D eigenvalue weighted by molar-refractivity contribution is 9.11. The van der Waals surface area contributed by atoms with Gasteiger partial charge in [0.1, 0.15) is 11.2 Å². The number of aldehydes is 1. The number of carbonyl (C=O) groups excluding carboxylic acids is 1. The Bertz CT molecular complexity index is 440. The van der Waals surface area contributed by atoms with Gasteiger partial charge in [0.25, 0.3) is 0 Å². The zero-order valence-electron chi connectivity index (χ0n) is 5.82. The van der Waals surface area contributed by atoms with E-state index in [4.69, 9.17) is 0 Å². The van der Waals surface area contributed by atoms with Gasteiger partial charge in [-0.15, -0.1) is 11.3 Å². The molecule has 0 aliphatic heterocycles. The summed E-state index contributed by atoms with van der Waals surface area (Å²) >= 11 is 4.73. The number of aromatic nitrogens is 2. The van der Waals surface area contributed by atoms with Gasteiger partial charge in [0.05, 0.1) is 9.35 Å². The van der Waals surface area contributed by atoms with Crippen LogP contribution in [-0.4, -0.2) is 16.3 Å². The van der Waals surface area contributed by atoms with Crippen molar-refractivity contribution in [3.63, 3.8) is 0 Å². The van der Waals surface area contributed by atoms with Gasteiger partial charge in [-0.25, -0.2) is 9.97 Å². The lowest BCUT2D eigenvalue weighted by molar-refractivity contribution is 0.112. The predicted octanol–water partition coefficient (Wildman–Crippen LogP) is 2.27. The van der Waals surface area contributed by atoms with Gasteiger partial charge in [-0.3, -0.25) is 4.79 Å². The number of nitrogens with zero attached hydrogens (tertiary/aromatic N) is 2. The van der Waals surface area contributed by atoms with Crippen molar-refractivity contribution in [2.45, 2.75) is 0 Å². The van der Waals surface area contributed by atoms with Crippen LogP contribution in [0.15, 0.2) is 16.3 Å². The SMILES string of the molecule is O=Cc1c(Br)sc2ncncc12. The van der Waals surface area contributed by atoms with Crippen molar-refractivity contribution in [3.05, 3.63) is 21.9 Å². The summed E-state index contributed by atoms with van der Waals surface area (Å²) in [7, 11) is 0. The summed E-state index contributed by atoms with van der Waals surface area (Å²) in [5, 5.41) is 0.810. The van der Waals surface area contributed by atoms with Crippen molar-refractivity contribution in [1.82, 2.24) is 9.97 Å². The zero-order valence-corrected chi connectivity index (χ0v) is 8.22. The minimum absolute atomic E-state index is 0.635. The molecule has 0 saturated carbocycles. The maximum absolute atomic E-state index is 10.6. The molecule has 0 aromatic carbocycles. The molecule has 0 saturated heterocycles. The van der Waals surface area contributed by atoms with E-state index in [2.05, 4.69) is 25.9 Å². The molecular weight excluding hydrogens is 240 g/mol. The van der Waals surface area contributed by atoms with Gasteiger partial charge < -0.3 is 0 Å². The van der Waals surface area contributed by atoms with Crippen molar-refractivity contribution in [3.8, 4) is 0 Å². The fraction of sp³-hybridized carbons (Fsp3) is 0. The molecule has 2 aromatic heterocycles. The first-order chi connectivity index (χ1) is 5.83. The zero-order chi connectivity index (χ0) is 8.55. The average molecular weight is 243 g/mol. The molecule has 0 atom stereocenters. The lowest BCUT2D eigenvalue weighted by Gasteiger charge is -1.85. The summed E-state index contributed by atoms with van der Waals surface area (Å²) < 4.78 is 0.813. The molecule has 0 fully saturated rings. The molecule has 5 heteroatoms. The third kappa shape index (κ3) is 1.05. The molecule has 0 bridgehead atoms. The van der Waals surface area contributed by atoms with Crippen LogP contribution in [-0.2, 0) is 0 Å². The lowest BCUT2D eigenvalue weighted by Crippen LogP contribution is -1.79. The van der Waals surface area contributed by atoms with Crippen molar-refractivity contribution < 1.29 is 4.79 Å². The van der Waals surface area contributed by atoms with E-state index < -0.39 is 0 Å². The van der Waals surface area contributed by atoms with Crippen LogP contribution >= 0.6 is 27.3 Å². The van der Waals surface area contributed by atoms with E-state index in [-0.39, 0.29) is 0 Å². The second-order valence-electron chi connectivity index (χ2n) is 2.15. The number of hydrogen-bond acceptors (Lipinski definition) is 4. The van der Waals surface area contributed by atoms with Gasteiger partial charge in [0.2, 0.25) is 0 Å². The van der Waals surface area contributed by atoms with Crippen LogP contribution < -0.4 is 0 Å². The monoisotopic (exact) mass is 242 g/mol. The number of fused-ring (bicyclic) bond motifs is 1. The fourth-order valence-corrected chi connectivity index (χ4v) is 2.52. The van der Waals surface area contributed by atoms with Crippen molar-refractivity contribution in [2.24, 2.45) is 0 Å². The van der Waals surface area contributed by atoms with Crippen LogP contribution in [0.1, 0.15) is 10.4 Å². The van der Waals surface area contributed by atoms with Crippen molar-refractivity contribution >= 4 is 43.8 Å². The summed E-state index contributed by atoms with van der Waals surface area (Å²) in [6, 6.07) is 0. The second-order valence-corrected chi connectivity index (χ2v) is 4.47. The topological polar surface area (TPSA) is 42.9 Å². The molecule has 2 heterocycles. The van der Waals surface area contributed by atoms with Gasteiger partial charge in [0.15, 0.2) is 6.29 Å². The average Bonchev–Trinajstić information content (AvgIpc) is 2.40. The molecule has 0 spiro atoms. The van der Waals surface area contributed by atoms with E-state index >= 15 is 0 Å². The van der Waals surface area contributed by atoms with Gasteiger partial charge in [-0.1, -0.05) is 0 Å². The Balaban J connectivity index is 2.90. The minimum atomic E-state index is 0.635. The van der Waals surface area contributed by atoms with Crippen LogP contribution in [0, 0.1) is 0 Å². The third-order valence-corrected chi connectivity index (χ3v) is 3.31. The number of thiophene rings is 1. The first kappa shape index (κ1) is 7.82. The summed E-state index contributed by atoms with van der Waals surface area (Å²) in [6.07, 6.45) is 3.93. The second kappa shape index (κ2) is 2.91. The molecule has 0 N–H and O–H groups in total. The van der Waals surface area contributed by atoms with E-state index in [0.29, 0.717) is 5.56 Å². The molecule has 2 rings (SSSR count). The van der Waals surface area contributed by atoms with Crippen LogP contribution in [0.2, 0.25) is 0 Å². The Kier molecular flexibility index (Phi) is 1.90. The minimum Gasteiger partial charge on any atom is -0.298 e. The van der Waals surface area contributed by atoms with E-state index in [9.17, 15) is 4.79 Å². The number of carbonyl (C=O) groups is 1. The molecule has 2 aromatic rings. The molecule has 0 unspecified atom stereocenters. The molecule has 12 heavy (non-hydrogen) atoms. The van der Waals surface area contributed by atoms with E-state index in [0.717, 1.165) is 20.3 Å². The Morgan fingerprint density at radius 3 is 3.17 bits per heavy atom. The van der Waals surface area contributed by atoms with Gasteiger partial charge >= 0.3 is 0 Å². The predicted molar refractivity (Wildman–Crippen MR) is 50.5 cm³/mol. The van der Waals surface area contributed by atoms with E-state index in [1.54, 1.807) is 6.20 Å². The summed E-state index contributed by atoms with van der Waals surface area (Å²) in [5.41, 5.74) is 0.635. The maximum Gasteiger partial charge on any atom is 0.152 e. The molecule has 60 valence electrons. The van der Waals surface area contributed by atoms with Crippen LogP contribution in [0.3, 0.4) is 0 Å². The quantitative estimate of drug-likeness (QED) is 0.721. The fourth-order valence-electron chi connectivity index (χ4n) is 0.940. The van der Waals surface area contributed by atoms with Crippen LogP contribution in [0.5, 0.6) is 0 Å². The number of hydrogen-bond donors (Lipinski definition) is 0. The van der Waals surface area contributed by atoms with Gasteiger partial charge in [-0.2, -0.15) is 0 Å². The highest BCUT2D eigenvalue weighted by Crippen LogP contribution is 2.31. The molecule has 0 aliphatic rings. The standard InChI is InChI=1S/C7H3BrN2OS/c8-6-5(2-11)4-1-9-3-10-7(4)12-6/h1-3H. The molecule has 0 aliphatic carbocycles. The van der Waals surface area contributed by atoms with Gasteiger partial charge in [-0.05, 0) is 15.9 Å². The van der Waals surface area contributed by atoms with Gasteiger partial charge in [0, 0.05) is 11.6 Å². The van der Waals surface area contributed by atoms with Crippen molar-refractivity contribution in [1.29, 1.82) is 0 Å². The number of rotatable bonds is 1. The molecule has 3 nitrogen and oxygen atoms in total. The van der Waals surface area contributed by atoms with Crippen LogP contribution in [0.4, 0.5) is 0 Å². The van der Waals surface area contributed by atoms with E-state index in [1.165, 1.54) is 17.7 Å². The Hall–Kier alpha value is -0.810. The van der Waals surface area contributed by atoms with E-state index in [1.807, 2.05) is 0 Å².